The summed E-state index contributed by atoms with van der Waals surface area (Å²) >= 11 is 0. The lowest BCUT2D eigenvalue weighted by Crippen LogP contribution is -2.17. The molecule has 0 radical (unpaired) electrons. The van der Waals surface area contributed by atoms with Crippen LogP contribution in [0, 0.1) is 0 Å². The quantitative estimate of drug-likeness (QED) is 0.460. The molecule has 1 rings (SSSR count). The highest BCUT2D eigenvalue weighted by Crippen LogP contribution is 2.22. The number of benzene rings is 1. The summed E-state index contributed by atoms with van der Waals surface area (Å²) in [6.07, 6.45) is -0.0446. The minimum Gasteiger partial charge on any atom is -0.478 e. The number of rotatable bonds is 10. The van der Waals surface area contributed by atoms with Crippen molar-refractivity contribution in [3.63, 3.8) is 0 Å². The second kappa shape index (κ2) is 10.1. The fourth-order valence-corrected chi connectivity index (χ4v) is 2.40. The van der Waals surface area contributed by atoms with E-state index in [4.69, 9.17) is 9.47 Å². The van der Waals surface area contributed by atoms with Crippen LogP contribution in [0.5, 0.6) is 0 Å². The topological polar surface area (TPSA) is 127 Å². The molecule has 2 N–H and O–H groups in total. The minimum atomic E-state index is -1.25. The van der Waals surface area contributed by atoms with Gasteiger partial charge in [0.15, 0.2) is 0 Å². The Bertz CT molecular complexity index is 766. The standard InChI is InChI=1S/C20H22O8/c1-11(2)19(25)27-9-7-13-14(8-10-28-20(26)12(3)4)16(18(23)24)6-5-15(13)17(21)22/h5-6H,1,3,7-10H2,2,4H3,(H,21,22)(H,23,24). The highest BCUT2D eigenvalue weighted by Gasteiger charge is 2.21. The number of carbonyl (C=O) groups excluding carboxylic acids is 2. The van der Waals surface area contributed by atoms with Gasteiger partial charge in [0, 0.05) is 24.0 Å². The van der Waals surface area contributed by atoms with Crippen LogP contribution < -0.4 is 0 Å². The number of aromatic carboxylic acids is 2. The van der Waals surface area contributed by atoms with Crippen LogP contribution in [0.2, 0.25) is 0 Å². The summed E-state index contributed by atoms with van der Waals surface area (Å²) in [5.74, 6) is -3.77. The highest BCUT2D eigenvalue weighted by atomic mass is 16.5. The van der Waals surface area contributed by atoms with Crippen LogP contribution in [-0.4, -0.2) is 47.3 Å². The average Bonchev–Trinajstić information content (AvgIpc) is 2.61. The van der Waals surface area contributed by atoms with Gasteiger partial charge in [-0.1, -0.05) is 13.2 Å². The molecule has 0 bridgehead atoms. The van der Waals surface area contributed by atoms with Crippen LogP contribution in [-0.2, 0) is 31.9 Å². The molecule has 0 fully saturated rings. The third kappa shape index (κ3) is 6.08. The monoisotopic (exact) mass is 390 g/mol. The molecule has 0 heterocycles. The summed E-state index contributed by atoms with van der Waals surface area (Å²) in [6.45, 7) is 9.52. The number of hydrogen-bond acceptors (Lipinski definition) is 6. The average molecular weight is 390 g/mol. The van der Waals surface area contributed by atoms with Gasteiger partial charge in [-0.05, 0) is 37.1 Å². The number of esters is 2. The normalized spacial score (nSPS) is 10.1. The first kappa shape index (κ1) is 22.6. The van der Waals surface area contributed by atoms with E-state index in [0.29, 0.717) is 0 Å². The molecule has 1 aromatic rings. The van der Waals surface area contributed by atoms with Gasteiger partial charge >= 0.3 is 23.9 Å². The fourth-order valence-electron chi connectivity index (χ4n) is 2.40. The van der Waals surface area contributed by atoms with Gasteiger partial charge in [-0.2, -0.15) is 0 Å². The second-order valence-electron chi connectivity index (χ2n) is 6.06. The van der Waals surface area contributed by atoms with Crippen LogP contribution in [0.3, 0.4) is 0 Å². The molecule has 0 aliphatic heterocycles. The molecule has 0 saturated heterocycles. The SMILES string of the molecule is C=C(C)C(=O)OCCc1c(C(=O)O)ccc(C(=O)O)c1CCOC(=O)C(=C)C. The summed E-state index contributed by atoms with van der Waals surface area (Å²) in [7, 11) is 0. The fraction of sp³-hybridized carbons (Fsp3) is 0.300. The van der Waals surface area contributed by atoms with Crippen LogP contribution in [0.4, 0.5) is 0 Å². The first-order valence-electron chi connectivity index (χ1n) is 8.32. The van der Waals surface area contributed by atoms with Gasteiger partial charge in [-0.3, -0.25) is 0 Å². The maximum Gasteiger partial charge on any atom is 0.335 e. The van der Waals surface area contributed by atoms with Crippen molar-refractivity contribution in [3.05, 3.63) is 58.7 Å². The third-order valence-corrected chi connectivity index (χ3v) is 3.76. The van der Waals surface area contributed by atoms with Gasteiger partial charge < -0.3 is 19.7 Å². The number of carboxylic acids is 2. The maximum atomic E-state index is 11.6. The Balaban J connectivity index is 3.20. The van der Waals surface area contributed by atoms with Crippen molar-refractivity contribution in [1.82, 2.24) is 0 Å². The van der Waals surface area contributed by atoms with E-state index in [1.807, 2.05) is 0 Å². The second-order valence-corrected chi connectivity index (χ2v) is 6.06. The van der Waals surface area contributed by atoms with Gasteiger partial charge in [-0.25, -0.2) is 19.2 Å². The predicted molar refractivity (Wildman–Crippen MR) is 99.3 cm³/mol. The van der Waals surface area contributed by atoms with E-state index in [0.717, 1.165) is 0 Å². The van der Waals surface area contributed by atoms with Crippen molar-refractivity contribution >= 4 is 23.9 Å². The third-order valence-electron chi connectivity index (χ3n) is 3.76. The summed E-state index contributed by atoms with van der Waals surface area (Å²) in [5, 5.41) is 18.9. The minimum absolute atomic E-state index is 0.0223. The Morgan fingerprint density at radius 2 is 1.11 bits per heavy atom. The van der Waals surface area contributed by atoms with Crippen molar-refractivity contribution in [2.24, 2.45) is 0 Å². The van der Waals surface area contributed by atoms with Gasteiger partial charge in [0.1, 0.15) is 0 Å². The molecule has 1 aromatic carbocycles. The lowest BCUT2D eigenvalue weighted by molar-refractivity contribution is -0.139. The smallest absolute Gasteiger partial charge is 0.335 e. The highest BCUT2D eigenvalue weighted by molar-refractivity contribution is 5.95. The number of carbonyl (C=O) groups is 4. The molecular weight excluding hydrogens is 368 g/mol. The summed E-state index contributed by atoms with van der Waals surface area (Å²) in [4.78, 5) is 46.2. The Labute approximate surface area is 162 Å². The molecule has 8 heteroatoms. The van der Waals surface area contributed by atoms with Gasteiger partial charge in [-0.15, -0.1) is 0 Å². The Morgan fingerprint density at radius 1 is 0.786 bits per heavy atom. The van der Waals surface area contributed by atoms with E-state index in [9.17, 15) is 29.4 Å². The first-order chi connectivity index (χ1) is 13.1. The largest absolute Gasteiger partial charge is 0.478 e. The molecule has 0 aromatic heterocycles. The molecule has 0 saturated carbocycles. The zero-order chi connectivity index (χ0) is 21.4. The predicted octanol–water partition coefficient (Wildman–Crippen LogP) is 2.41. The molecular formula is C20H22O8. The molecule has 150 valence electrons. The Kier molecular flexibility index (Phi) is 8.12. The Hall–Kier alpha value is -3.42. The molecule has 0 amide bonds. The van der Waals surface area contributed by atoms with Gasteiger partial charge in [0.25, 0.3) is 0 Å². The zero-order valence-electron chi connectivity index (χ0n) is 15.7. The van der Waals surface area contributed by atoms with E-state index in [-0.39, 0.29) is 59.5 Å². The number of ether oxygens (including phenoxy) is 2. The summed E-state index contributed by atoms with van der Waals surface area (Å²) in [6, 6.07) is 2.37. The maximum absolute atomic E-state index is 11.6. The van der Waals surface area contributed by atoms with Crippen LogP contribution in [0.25, 0.3) is 0 Å². The van der Waals surface area contributed by atoms with Crippen molar-refractivity contribution in [2.45, 2.75) is 26.7 Å². The first-order valence-corrected chi connectivity index (χ1v) is 8.32. The van der Waals surface area contributed by atoms with Crippen molar-refractivity contribution < 1.29 is 38.9 Å². The number of carboxylic acid groups (broad SMARTS) is 2. The number of hydrogen-bond donors (Lipinski definition) is 2. The van der Waals surface area contributed by atoms with Crippen LogP contribution >= 0.6 is 0 Å². The van der Waals surface area contributed by atoms with E-state index in [2.05, 4.69) is 13.2 Å². The van der Waals surface area contributed by atoms with Crippen LogP contribution in [0.1, 0.15) is 45.7 Å². The molecule has 0 aliphatic rings. The molecule has 0 unspecified atom stereocenters. The molecule has 0 spiro atoms. The van der Waals surface area contributed by atoms with E-state index in [1.54, 1.807) is 0 Å². The van der Waals surface area contributed by atoms with Crippen molar-refractivity contribution in [1.29, 1.82) is 0 Å². The zero-order valence-corrected chi connectivity index (χ0v) is 15.7. The summed E-state index contributed by atoms with van der Waals surface area (Å²) in [5.41, 5.74) is 0.547. The van der Waals surface area contributed by atoms with Gasteiger partial charge in [0.2, 0.25) is 0 Å². The van der Waals surface area contributed by atoms with E-state index in [1.165, 1.54) is 26.0 Å². The molecule has 8 nitrogen and oxygen atoms in total. The van der Waals surface area contributed by atoms with Crippen molar-refractivity contribution in [2.75, 3.05) is 13.2 Å². The molecule has 28 heavy (non-hydrogen) atoms. The van der Waals surface area contributed by atoms with E-state index >= 15 is 0 Å². The molecule has 0 atom stereocenters. The Morgan fingerprint density at radius 3 is 1.36 bits per heavy atom. The van der Waals surface area contributed by atoms with Crippen molar-refractivity contribution in [3.8, 4) is 0 Å². The lowest BCUT2D eigenvalue weighted by Gasteiger charge is -2.16. The van der Waals surface area contributed by atoms with Gasteiger partial charge in [0.05, 0.1) is 24.3 Å². The lowest BCUT2D eigenvalue weighted by atomic mass is 9.92. The van der Waals surface area contributed by atoms with Crippen LogP contribution in [0.15, 0.2) is 36.4 Å². The van der Waals surface area contributed by atoms with E-state index < -0.39 is 23.9 Å². The summed E-state index contributed by atoms with van der Waals surface area (Å²) < 4.78 is 9.99. The molecule has 0 aliphatic carbocycles.